The molecule has 1 fully saturated rings. The molecule has 1 unspecified atom stereocenters. The fourth-order valence-corrected chi connectivity index (χ4v) is 6.21. The highest BCUT2D eigenvalue weighted by Crippen LogP contribution is 2.25. The number of rotatable bonds is 13. The van der Waals surface area contributed by atoms with Crippen molar-refractivity contribution >= 4 is 39.1 Å². The molecule has 10 heteroatoms. The van der Waals surface area contributed by atoms with Gasteiger partial charge in [-0.2, -0.15) is 0 Å². The first-order valence-electron chi connectivity index (χ1n) is 14.2. The molecular formula is C32H38ClN3O5S. The first kappa shape index (κ1) is 31.4. The highest BCUT2D eigenvalue weighted by molar-refractivity contribution is 7.92. The van der Waals surface area contributed by atoms with E-state index in [1.165, 1.54) is 4.90 Å². The number of hydrogen-bond acceptors (Lipinski definition) is 5. The number of halogens is 1. The molecule has 0 bridgehead atoms. The summed E-state index contributed by atoms with van der Waals surface area (Å²) in [5.74, 6) is -0.175. The van der Waals surface area contributed by atoms with Crippen LogP contribution in [-0.4, -0.2) is 50.0 Å². The first-order valence-corrected chi connectivity index (χ1v) is 16.5. The minimum Gasteiger partial charge on any atom is -0.489 e. The van der Waals surface area contributed by atoms with E-state index in [1.54, 1.807) is 42.5 Å². The van der Waals surface area contributed by atoms with Gasteiger partial charge < -0.3 is 15.0 Å². The van der Waals surface area contributed by atoms with Crippen molar-refractivity contribution in [2.24, 2.45) is 0 Å². The summed E-state index contributed by atoms with van der Waals surface area (Å²) in [5, 5.41) is 3.56. The van der Waals surface area contributed by atoms with Crippen LogP contribution < -0.4 is 14.4 Å². The number of nitrogens with zero attached hydrogens (tertiary/aromatic N) is 2. The summed E-state index contributed by atoms with van der Waals surface area (Å²) in [7, 11) is -3.85. The van der Waals surface area contributed by atoms with Gasteiger partial charge in [0.25, 0.3) is 0 Å². The Balaban J connectivity index is 1.55. The summed E-state index contributed by atoms with van der Waals surface area (Å²) in [5.41, 5.74) is 2.00. The van der Waals surface area contributed by atoms with Crippen LogP contribution >= 0.6 is 11.6 Å². The number of ether oxygens (including phenoxy) is 1. The van der Waals surface area contributed by atoms with Crippen molar-refractivity contribution in [1.29, 1.82) is 0 Å². The third-order valence-corrected chi connectivity index (χ3v) is 8.95. The second-order valence-corrected chi connectivity index (χ2v) is 12.9. The van der Waals surface area contributed by atoms with E-state index in [2.05, 4.69) is 5.32 Å². The largest absolute Gasteiger partial charge is 0.489 e. The number of hydrogen-bond donors (Lipinski definition) is 1. The average molecular weight is 612 g/mol. The van der Waals surface area contributed by atoms with Crippen LogP contribution in [-0.2, 0) is 32.8 Å². The van der Waals surface area contributed by atoms with E-state index in [0.29, 0.717) is 35.1 Å². The maximum atomic E-state index is 13.9. The summed E-state index contributed by atoms with van der Waals surface area (Å²) in [6, 6.07) is 22.7. The van der Waals surface area contributed by atoms with E-state index in [4.69, 9.17) is 16.3 Å². The van der Waals surface area contributed by atoms with Gasteiger partial charge in [-0.05, 0) is 60.7 Å². The van der Waals surface area contributed by atoms with Crippen LogP contribution in [0.1, 0.15) is 50.2 Å². The smallest absolute Gasteiger partial charge is 0.244 e. The Morgan fingerprint density at radius 1 is 0.976 bits per heavy atom. The molecule has 0 spiro atoms. The predicted octanol–water partition coefficient (Wildman–Crippen LogP) is 5.55. The third kappa shape index (κ3) is 8.49. The molecule has 42 heavy (non-hydrogen) atoms. The van der Waals surface area contributed by atoms with Crippen molar-refractivity contribution in [2.75, 3.05) is 17.1 Å². The predicted molar refractivity (Wildman–Crippen MR) is 166 cm³/mol. The first-order chi connectivity index (χ1) is 20.2. The van der Waals surface area contributed by atoms with Crippen LogP contribution in [0.5, 0.6) is 5.75 Å². The third-order valence-electron chi connectivity index (χ3n) is 7.44. The van der Waals surface area contributed by atoms with Gasteiger partial charge in [0.05, 0.1) is 11.9 Å². The molecule has 4 rings (SSSR count). The number of nitrogens with one attached hydrogen (secondary N) is 1. The Hall–Kier alpha value is -3.56. The van der Waals surface area contributed by atoms with Crippen LogP contribution in [0.3, 0.4) is 0 Å². The zero-order chi connectivity index (χ0) is 30.1. The Morgan fingerprint density at radius 2 is 1.62 bits per heavy atom. The molecule has 1 saturated carbocycles. The molecule has 1 atom stereocenters. The normalized spacial score (nSPS) is 14.3. The van der Waals surface area contributed by atoms with E-state index in [0.717, 1.165) is 41.8 Å². The lowest BCUT2D eigenvalue weighted by molar-refractivity contribution is -0.140. The second kappa shape index (κ2) is 14.6. The lowest BCUT2D eigenvalue weighted by atomic mass is 10.1. The van der Waals surface area contributed by atoms with Crippen molar-refractivity contribution in [1.82, 2.24) is 10.2 Å². The molecule has 0 radical (unpaired) electrons. The summed E-state index contributed by atoms with van der Waals surface area (Å²) < 4.78 is 32.7. The van der Waals surface area contributed by atoms with Gasteiger partial charge in [-0.25, -0.2) is 8.42 Å². The molecule has 224 valence electrons. The molecule has 2 amide bonds. The molecular weight excluding hydrogens is 574 g/mol. The molecule has 1 aliphatic rings. The van der Waals surface area contributed by atoms with Crippen LogP contribution in [0.25, 0.3) is 0 Å². The van der Waals surface area contributed by atoms with Gasteiger partial charge in [0.1, 0.15) is 24.9 Å². The molecule has 0 aromatic heterocycles. The number of carbonyl (C=O) groups excluding carboxylic acids is 2. The molecule has 0 saturated heterocycles. The van der Waals surface area contributed by atoms with E-state index in [-0.39, 0.29) is 18.5 Å². The van der Waals surface area contributed by atoms with Crippen LogP contribution in [0, 0.1) is 0 Å². The monoisotopic (exact) mass is 611 g/mol. The van der Waals surface area contributed by atoms with Crippen LogP contribution in [0.15, 0.2) is 78.9 Å². The molecule has 3 aromatic carbocycles. The minimum atomic E-state index is -3.85. The van der Waals surface area contributed by atoms with E-state index in [9.17, 15) is 18.0 Å². The van der Waals surface area contributed by atoms with Gasteiger partial charge in [-0.1, -0.05) is 79.9 Å². The van der Waals surface area contributed by atoms with Gasteiger partial charge in [0.15, 0.2) is 0 Å². The second-order valence-electron chi connectivity index (χ2n) is 10.6. The average Bonchev–Trinajstić information content (AvgIpc) is 3.49. The molecule has 0 heterocycles. The van der Waals surface area contributed by atoms with Crippen molar-refractivity contribution < 1.29 is 22.7 Å². The topological polar surface area (TPSA) is 96.0 Å². The molecule has 3 aromatic rings. The van der Waals surface area contributed by atoms with Gasteiger partial charge in [-0.3, -0.25) is 13.9 Å². The molecule has 1 aliphatic carbocycles. The molecule has 0 aliphatic heterocycles. The minimum absolute atomic E-state index is 0.0684. The number of amides is 2. The fraction of sp³-hybridized carbons (Fsp3) is 0.375. The Labute approximate surface area is 253 Å². The van der Waals surface area contributed by atoms with Gasteiger partial charge in [0.2, 0.25) is 21.8 Å². The van der Waals surface area contributed by atoms with Crippen LogP contribution in [0.4, 0.5) is 5.69 Å². The molecule has 8 nitrogen and oxygen atoms in total. The van der Waals surface area contributed by atoms with Crippen molar-refractivity contribution in [3.63, 3.8) is 0 Å². The summed E-state index contributed by atoms with van der Waals surface area (Å²) in [4.78, 5) is 28.8. The zero-order valence-electron chi connectivity index (χ0n) is 24.0. The van der Waals surface area contributed by atoms with Gasteiger partial charge in [0, 0.05) is 17.6 Å². The number of carbonyl (C=O) groups is 2. The van der Waals surface area contributed by atoms with E-state index >= 15 is 0 Å². The lowest BCUT2D eigenvalue weighted by Gasteiger charge is -2.33. The Bertz CT molecular complexity index is 1440. The standard InChI is InChI=1S/C32H38ClN3O5S/c1-3-30(32(38)34-26-14-8-9-15-26)35(21-25-13-7-10-16-29(25)33)31(37)22-36(42(2,39)40)27-17-19-28(20-18-27)41-23-24-11-5-4-6-12-24/h4-7,10-13,16-20,26,30H,3,8-9,14-15,21-23H2,1-2H3,(H,34,38). The highest BCUT2D eigenvalue weighted by atomic mass is 35.5. The maximum Gasteiger partial charge on any atom is 0.244 e. The number of anilines is 1. The van der Waals surface area contributed by atoms with E-state index < -0.39 is 28.5 Å². The Morgan fingerprint density at radius 3 is 2.24 bits per heavy atom. The quantitative estimate of drug-likeness (QED) is 0.273. The van der Waals surface area contributed by atoms with Crippen LogP contribution in [0.2, 0.25) is 5.02 Å². The van der Waals surface area contributed by atoms with E-state index in [1.807, 2.05) is 43.3 Å². The number of benzene rings is 3. The van der Waals surface area contributed by atoms with Gasteiger partial charge in [-0.15, -0.1) is 0 Å². The Kier molecular flexibility index (Phi) is 10.9. The summed E-state index contributed by atoms with van der Waals surface area (Å²) in [6.45, 7) is 1.81. The zero-order valence-corrected chi connectivity index (χ0v) is 25.6. The maximum absolute atomic E-state index is 13.9. The lowest BCUT2D eigenvalue weighted by Crippen LogP contribution is -2.53. The fourth-order valence-electron chi connectivity index (χ4n) is 5.16. The van der Waals surface area contributed by atoms with Gasteiger partial charge >= 0.3 is 0 Å². The van der Waals surface area contributed by atoms with Crippen molar-refractivity contribution in [3.8, 4) is 5.75 Å². The summed E-state index contributed by atoms with van der Waals surface area (Å²) in [6.07, 6.45) is 5.36. The van der Waals surface area contributed by atoms with Crippen molar-refractivity contribution in [2.45, 2.75) is 64.3 Å². The highest BCUT2D eigenvalue weighted by Gasteiger charge is 2.33. The summed E-state index contributed by atoms with van der Waals surface area (Å²) >= 11 is 6.44. The molecule has 1 N–H and O–H groups in total. The SMILES string of the molecule is CCC(C(=O)NC1CCCC1)N(Cc1ccccc1Cl)C(=O)CN(c1ccc(OCc2ccccc2)cc1)S(C)(=O)=O. The van der Waals surface area contributed by atoms with Crippen molar-refractivity contribution in [3.05, 3.63) is 95.0 Å². The number of sulfonamides is 1.